The molecule has 1 fully saturated rings. The molecule has 1 aliphatic carbocycles. The maximum absolute atomic E-state index is 12.2. The van der Waals surface area contributed by atoms with Crippen LogP contribution in [0.25, 0.3) is 0 Å². The Labute approximate surface area is 114 Å². The molecule has 0 saturated heterocycles. The number of hydrogen-bond acceptors (Lipinski definition) is 3. The van der Waals surface area contributed by atoms with Gasteiger partial charge in [-0.05, 0) is 31.4 Å². The molecule has 0 aliphatic heterocycles. The van der Waals surface area contributed by atoms with Gasteiger partial charge in [-0.3, -0.25) is 9.78 Å². The van der Waals surface area contributed by atoms with Gasteiger partial charge in [0.05, 0.1) is 18.2 Å². The van der Waals surface area contributed by atoms with Crippen molar-refractivity contribution < 1.29 is 4.79 Å². The number of nitrogens with one attached hydrogen (secondary N) is 1. The maximum Gasteiger partial charge on any atom is 0.224 e. The van der Waals surface area contributed by atoms with Crippen molar-refractivity contribution in [3.8, 4) is 0 Å². The zero-order valence-electron chi connectivity index (χ0n) is 11.6. The number of aryl methyl sites for hydroxylation is 1. The Kier molecular flexibility index (Phi) is 4.91. The minimum Gasteiger partial charge on any atom is -0.350 e. The third kappa shape index (κ3) is 3.77. The summed E-state index contributed by atoms with van der Waals surface area (Å²) in [5, 5.41) is 2.99. The summed E-state index contributed by atoms with van der Waals surface area (Å²) in [6.07, 6.45) is 7.07. The van der Waals surface area contributed by atoms with Gasteiger partial charge in [-0.15, -0.1) is 0 Å². The Bertz CT molecular complexity index is 433. The lowest BCUT2D eigenvalue weighted by atomic mass is 9.94. The second kappa shape index (κ2) is 6.66. The van der Waals surface area contributed by atoms with Crippen molar-refractivity contribution in [2.75, 3.05) is 0 Å². The van der Waals surface area contributed by atoms with Gasteiger partial charge < -0.3 is 11.1 Å². The fourth-order valence-corrected chi connectivity index (χ4v) is 2.67. The molecule has 1 aromatic rings. The first-order valence-corrected chi connectivity index (χ1v) is 7.12. The third-order valence-electron chi connectivity index (χ3n) is 3.95. The van der Waals surface area contributed by atoms with Gasteiger partial charge in [-0.2, -0.15) is 0 Å². The third-order valence-corrected chi connectivity index (χ3v) is 3.95. The second-order valence-corrected chi connectivity index (χ2v) is 5.39. The van der Waals surface area contributed by atoms with Crippen LogP contribution in [0.5, 0.6) is 0 Å². The fourth-order valence-electron chi connectivity index (χ4n) is 2.67. The Balaban J connectivity index is 1.91. The first kappa shape index (κ1) is 14.0. The molecule has 0 spiro atoms. The van der Waals surface area contributed by atoms with E-state index in [0.29, 0.717) is 6.54 Å². The predicted molar refractivity (Wildman–Crippen MR) is 75.4 cm³/mol. The molecule has 0 bridgehead atoms. The average molecular weight is 261 g/mol. The molecule has 1 aliphatic rings. The molecule has 0 radical (unpaired) electrons. The number of rotatable bonds is 3. The van der Waals surface area contributed by atoms with E-state index in [4.69, 9.17) is 5.73 Å². The first-order valence-electron chi connectivity index (χ1n) is 7.12. The van der Waals surface area contributed by atoms with Crippen molar-refractivity contribution in [1.29, 1.82) is 0 Å². The topological polar surface area (TPSA) is 68.0 Å². The minimum atomic E-state index is -0.0356. The summed E-state index contributed by atoms with van der Waals surface area (Å²) in [5.74, 6) is 0.0472. The Hall–Kier alpha value is -1.42. The Morgan fingerprint density at radius 1 is 1.42 bits per heavy atom. The van der Waals surface area contributed by atoms with Crippen molar-refractivity contribution >= 4 is 5.91 Å². The maximum atomic E-state index is 12.2. The molecule has 3 N–H and O–H groups in total. The van der Waals surface area contributed by atoms with Gasteiger partial charge in [-0.1, -0.05) is 25.3 Å². The molecule has 0 aromatic carbocycles. The van der Waals surface area contributed by atoms with Gasteiger partial charge in [0.2, 0.25) is 5.91 Å². The lowest BCUT2D eigenvalue weighted by Gasteiger charge is -2.20. The molecule has 1 aromatic heterocycles. The normalized spacial score (nSPS) is 23.7. The molecule has 104 valence electrons. The number of nitrogens with two attached hydrogens (primary N) is 1. The summed E-state index contributed by atoms with van der Waals surface area (Å²) >= 11 is 0. The van der Waals surface area contributed by atoms with E-state index in [1.165, 1.54) is 6.42 Å². The summed E-state index contributed by atoms with van der Waals surface area (Å²) in [6.45, 7) is 2.50. The van der Waals surface area contributed by atoms with Crippen molar-refractivity contribution in [1.82, 2.24) is 10.3 Å². The van der Waals surface area contributed by atoms with E-state index in [9.17, 15) is 4.79 Å². The summed E-state index contributed by atoms with van der Waals surface area (Å²) in [5.41, 5.74) is 8.14. The molecule has 1 amide bonds. The van der Waals surface area contributed by atoms with Crippen LogP contribution in [0.15, 0.2) is 18.3 Å². The highest BCUT2D eigenvalue weighted by molar-refractivity contribution is 5.79. The van der Waals surface area contributed by atoms with E-state index in [1.807, 2.05) is 19.1 Å². The lowest BCUT2D eigenvalue weighted by molar-refractivity contribution is -0.126. The van der Waals surface area contributed by atoms with Gasteiger partial charge in [0, 0.05) is 12.2 Å². The van der Waals surface area contributed by atoms with Crippen LogP contribution in [0.2, 0.25) is 0 Å². The number of nitrogens with zero attached hydrogens (tertiary/aromatic N) is 1. The van der Waals surface area contributed by atoms with Gasteiger partial charge in [-0.25, -0.2) is 0 Å². The molecular formula is C15H23N3O. The number of amides is 1. The van der Waals surface area contributed by atoms with Crippen LogP contribution in [-0.4, -0.2) is 16.9 Å². The number of hydrogen-bond donors (Lipinski definition) is 2. The smallest absolute Gasteiger partial charge is 0.224 e. The molecule has 2 unspecified atom stereocenters. The van der Waals surface area contributed by atoms with Gasteiger partial charge in [0.1, 0.15) is 0 Å². The molecule has 4 heteroatoms. The van der Waals surface area contributed by atoms with Gasteiger partial charge in [0.25, 0.3) is 0 Å². The van der Waals surface area contributed by atoms with Crippen LogP contribution in [0, 0.1) is 12.8 Å². The number of pyridine rings is 1. The highest BCUT2D eigenvalue weighted by Gasteiger charge is 2.26. The van der Waals surface area contributed by atoms with Gasteiger partial charge in [0.15, 0.2) is 0 Å². The van der Waals surface area contributed by atoms with Crippen molar-refractivity contribution in [2.45, 2.75) is 51.6 Å². The van der Waals surface area contributed by atoms with E-state index in [1.54, 1.807) is 6.20 Å². The summed E-state index contributed by atoms with van der Waals surface area (Å²) in [6, 6.07) is 3.92. The van der Waals surface area contributed by atoms with Crippen molar-refractivity contribution in [3.63, 3.8) is 0 Å². The number of aromatic nitrogens is 1. The average Bonchev–Trinajstić information content (AvgIpc) is 2.62. The zero-order valence-corrected chi connectivity index (χ0v) is 11.6. The molecule has 1 heterocycles. The molecular weight excluding hydrogens is 238 g/mol. The van der Waals surface area contributed by atoms with E-state index in [2.05, 4.69) is 10.3 Å². The highest BCUT2D eigenvalue weighted by Crippen LogP contribution is 2.22. The van der Waals surface area contributed by atoms with Crippen molar-refractivity contribution in [3.05, 3.63) is 29.6 Å². The predicted octanol–water partition coefficient (Wildman–Crippen LogP) is 1.91. The molecule has 2 rings (SSSR count). The fraction of sp³-hybridized carbons (Fsp3) is 0.600. The summed E-state index contributed by atoms with van der Waals surface area (Å²) < 4.78 is 0. The zero-order chi connectivity index (χ0) is 13.7. The Morgan fingerprint density at radius 3 is 3.00 bits per heavy atom. The number of carbonyl (C=O) groups excluding carboxylic acids is 1. The highest BCUT2D eigenvalue weighted by atomic mass is 16.1. The second-order valence-electron chi connectivity index (χ2n) is 5.39. The number of carbonyl (C=O) groups is 1. The van der Waals surface area contributed by atoms with E-state index in [0.717, 1.165) is 36.9 Å². The van der Waals surface area contributed by atoms with Crippen LogP contribution < -0.4 is 11.1 Å². The van der Waals surface area contributed by atoms with E-state index in [-0.39, 0.29) is 17.9 Å². The van der Waals surface area contributed by atoms with Crippen LogP contribution in [0.1, 0.15) is 43.4 Å². The molecule has 4 nitrogen and oxygen atoms in total. The monoisotopic (exact) mass is 261 g/mol. The first-order chi connectivity index (χ1) is 9.18. The molecule has 19 heavy (non-hydrogen) atoms. The van der Waals surface area contributed by atoms with E-state index >= 15 is 0 Å². The standard InChI is InChI=1S/C15H23N3O/c1-11-6-5-9-17-14(11)10-18-15(19)12-7-3-2-4-8-13(12)16/h5-6,9,12-13H,2-4,7-8,10,16H2,1H3,(H,18,19). The SMILES string of the molecule is Cc1cccnc1CNC(=O)C1CCCCCC1N. The summed E-state index contributed by atoms with van der Waals surface area (Å²) in [7, 11) is 0. The van der Waals surface area contributed by atoms with Gasteiger partial charge >= 0.3 is 0 Å². The van der Waals surface area contributed by atoms with Crippen molar-refractivity contribution in [2.24, 2.45) is 11.7 Å². The van der Waals surface area contributed by atoms with Crippen LogP contribution in [0.3, 0.4) is 0 Å². The van der Waals surface area contributed by atoms with Crippen LogP contribution in [0.4, 0.5) is 0 Å². The van der Waals surface area contributed by atoms with E-state index < -0.39 is 0 Å². The van der Waals surface area contributed by atoms with Crippen LogP contribution >= 0.6 is 0 Å². The molecule has 2 atom stereocenters. The van der Waals surface area contributed by atoms with Crippen LogP contribution in [-0.2, 0) is 11.3 Å². The molecule has 1 saturated carbocycles. The minimum absolute atomic E-state index is 0.00679. The quantitative estimate of drug-likeness (QED) is 0.817. The summed E-state index contributed by atoms with van der Waals surface area (Å²) in [4.78, 5) is 16.5. The Morgan fingerprint density at radius 2 is 2.21 bits per heavy atom. The largest absolute Gasteiger partial charge is 0.350 e. The lowest BCUT2D eigenvalue weighted by Crippen LogP contribution is -2.41.